The lowest BCUT2D eigenvalue weighted by Gasteiger charge is -2.17. The number of hydrogen-bond donors (Lipinski definition) is 1. The number of nitrogens with zero attached hydrogens (tertiary/aromatic N) is 1. The van der Waals surface area contributed by atoms with Crippen LogP contribution in [0.2, 0.25) is 0 Å². The molecule has 2 aromatic carbocycles. The standard InChI is InChI=1S/C17H18N2O/c18-15-6-3-4-13(12-15)8-9-17(20)19-11-10-14-5-1-2-7-16(14)19/h1-7,12H,8-11,18H2. The van der Waals surface area contributed by atoms with Crippen LogP contribution in [0.15, 0.2) is 48.5 Å². The number of carbonyl (C=O) groups is 1. The van der Waals surface area contributed by atoms with Crippen LogP contribution < -0.4 is 10.6 Å². The van der Waals surface area contributed by atoms with Crippen molar-refractivity contribution in [3.63, 3.8) is 0 Å². The first-order valence-corrected chi connectivity index (χ1v) is 6.97. The van der Waals surface area contributed by atoms with E-state index in [1.807, 2.05) is 47.4 Å². The van der Waals surface area contributed by atoms with Crippen molar-refractivity contribution in [1.82, 2.24) is 0 Å². The number of hydrogen-bond acceptors (Lipinski definition) is 2. The molecule has 0 fully saturated rings. The van der Waals surface area contributed by atoms with Crippen LogP contribution in [0.25, 0.3) is 0 Å². The van der Waals surface area contributed by atoms with Crippen LogP contribution in [0.3, 0.4) is 0 Å². The first-order valence-electron chi connectivity index (χ1n) is 6.97. The molecule has 0 atom stereocenters. The average molecular weight is 266 g/mol. The Morgan fingerprint density at radius 1 is 1.15 bits per heavy atom. The van der Waals surface area contributed by atoms with E-state index in [2.05, 4.69) is 6.07 Å². The van der Waals surface area contributed by atoms with Gasteiger partial charge in [0.15, 0.2) is 0 Å². The van der Waals surface area contributed by atoms with Crippen LogP contribution in [-0.2, 0) is 17.6 Å². The van der Waals surface area contributed by atoms with Gasteiger partial charge in [0.2, 0.25) is 5.91 Å². The van der Waals surface area contributed by atoms with E-state index >= 15 is 0 Å². The molecule has 1 aliphatic rings. The quantitative estimate of drug-likeness (QED) is 0.868. The van der Waals surface area contributed by atoms with Crippen LogP contribution in [0.1, 0.15) is 17.5 Å². The molecule has 2 aromatic rings. The molecule has 3 rings (SSSR count). The monoisotopic (exact) mass is 266 g/mol. The molecule has 0 spiro atoms. The number of nitrogen functional groups attached to an aromatic ring is 1. The number of benzene rings is 2. The Hall–Kier alpha value is -2.29. The van der Waals surface area contributed by atoms with Gasteiger partial charge in [0.05, 0.1) is 0 Å². The molecule has 1 heterocycles. The summed E-state index contributed by atoms with van der Waals surface area (Å²) >= 11 is 0. The van der Waals surface area contributed by atoms with Gasteiger partial charge < -0.3 is 10.6 Å². The summed E-state index contributed by atoms with van der Waals surface area (Å²) in [5.41, 5.74) is 9.97. The molecule has 0 unspecified atom stereocenters. The summed E-state index contributed by atoms with van der Waals surface area (Å²) in [6, 6.07) is 15.9. The van der Waals surface area contributed by atoms with Crippen molar-refractivity contribution < 1.29 is 4.79 Å². The van der Waals surface area contributed by atoms with Gasteiger partial charge in [-0.2, -0.15) is 0 Å². The lowest BCUT2D eigenvalue weighted by Crippen LogP contribution is -2.29. The number of anilines is 2. The summed E-state index contributed by atoms with van der Waals surface area (Å²) in [6.07, 6.45) is 2.22. The van der Waals surface area contributed by atoms with E-state index in [4.69, 9.17) is 5.73 Å². The molecule has 1 aliphatic heterocycles. The van der Waals surface area contributed by atoms with Crippen molar-refractivity contribution in [2.24, 2.45) is 0 Å². The van der Waals surface area contributed by atoms with Crippen LogP contribution in [0.4, 0.5) is 11.4 Å². The molecule has 3 heteroatoms. The Bertz CT molecular complexity index is 636. The molecule has 1 amide bonds. The van der Waals surface area contributed by atoms with Gasteiger partial charge in [-0.25, -0.2) is 0 Å². The van der Waals surface area contributed by atoms with E-state index in [1.165, 1.54) is 5.56 Å². The van der Waals surface area contributed by atoms with Gasteiger partial charge in [0.25, 0.3) is 0 Å². The predicted molar refractivity (Wildman–Crippen MR) is 81.7 cm³/mol. The second-order valence-electron chi connectivity index (χ2n) is 5.17. The normalized spacial score (nSPS) is 13.3. The molecule has 0 saturated heterocycles. The number of fused-ring (bicyclic) bond motifs is 1. The maximum atomic E-state index is 12.4. The third-order valence-electron chi connectivity index (χ3n) is 3.77. The SMILES string of the molecule is Nc1cccc(CCC(=O)N2CCc3ccccc32)c1. The largest absolute Gasteiger partial charge is 0.399 e. The van der Waals surface area contributed by atoms with Crippen molar-refractivity contribution in [2.45, 2.75) is 19.3 Å². The lowest BCUT2D eigenvalue weighted by atomic mass is 10.1. The van der Waals surface area contributed by atoms with E-state index in [9.17, 15) is 4.79 Å². The number of amides is 1. The molecule has 0 aliphatic carbocycles. The molecule has 2 N–H and O–H groups in total. The van der Waals surface area contributed by atoms with Gasteiger partial charge in [-0.15, -0.1) is 0 Å². The highest BCUT2D eigenvalue weighted by Crippen LogP contribution is 2.28. The Morgan fingerprint density at radius 2 is 2.00 bits per heavy atom. The van der Waals surface area contributed by atoms with Crippen LogP contribution >= 0.6 is 0 Å². The Kier molecular flexibility index (Phi) is 3.42. The van der Waals surface area contributed by atoms with Gasteiger partial charge in [-0.3, -0.25) is 4.79 Å². The zero-order chi connectivity index (χ0) is 13.9. The van der Waals surface area contributed by atoms with Gasteiger partial charge in [0.1, 0.15) is 0 Å². The maximum absolute atomic E-state index is 12.4. The van der Waals surface area contributed by atoms with E-state index in [1.54, 1.807) is 0 Å². The minimum atomic E-state index is 0.192. The zero-order valence-corrected chi connectivity index (χ0v) is 11.4. The van der Waals surface area contributed by atoms with E-state index < -0.39 is 0 Å². The minimum absolute atomic E-state index is 0.192. The van der Waals surface area contributed by atoms with Crippen LogP contribution in [0.5, 0.6) is 0 Å². The fourth-order valence-electron chi connectivity index (χ4n) is 2.73. The highest BCUT2D eigenvalue weighted by atomic mass is 16.2. The molecule has 3 nitrogen and oxygen atoms in total. The fourth-order valence-corrected chi connectivity index (χ4v) is 2.73. The molecule has 0 radical (unpaired) electrons. The first kappa shape index (κ1) is 12.7. The number of nitrogens with two attached hydrogens (primary N) is 1. The van der Waals surface area contributed by atoms with Crippen LogP contribution in [0, 0.1) is 0 Å². The highest BCUT2D eigenvalue weighted by molar-refractivity contribution is 5.95. The first-order chi connectivity index (χ1) is 9.74. The molecule has 0 saturated carbocycles. The second-order valence-corrected chi connectivity index (χ2v) is 5.17. The summed E-state index contributed by atoms with van der Waals surface area (Å²) < 4.78 is 0. The Balaban J connectivity index is 1.66. The van der Waals surface area contributed by atoms with Gasteiger partial charge in [-0.1, -0.05) is 30.3 Å². The number of carbonyl (C=O) groups excluding carboxylic acids is 1. The number of rotatable bonds is 3. The second kappa shape index (κ2) is 5.37. The fraction of sp³-hybridized carbons (Fsp3) is 0.235. The summed E-state index contributed by atoms with van der Waals surface area (Å²) in [4.78, 5) is 14.3. The molecule has 0 bridgehead atoms. The van der Waals surface area contributed by atoms with Crippen molar-refractivity contribution >= 4 is 17.3 Å². The van der Waals surface area contributed by atoms with Crippen molar-refractivity contribution in [3.05, 3.63) is 59.7 Å². The minimum Gasteiger partial charge on any atom is -0.399 e. The maximum Gasteiger partial charge on any atom is 0.227 e. The predicted octanol–water partition coefficient (Wildman–Crippen LogP) is 2.79. The Morgan fingerprint density at radius 3 is 2.85 bits per heavy atom. The lowest BCUT2D eigenvalue weighted by molar-refractivity contribution is -0.118. The molecule has 0 aromatic heterocycles. The third kappa shape index (κ3) is 2.52. The topological polar surface area (TPSA) is 46.3 Å². The molecule has 20 heavy (non-hydrogen) atoms. The van der Waals surface area contributed by atoms with Crippen molar-refractivity contribution in [3.8, 4) is 0 Å². The molecular weight excluding hydrogens is 248 g/mol. The van der Waals surface area contributed by atoms with E-state index in [0.29, 0.717) is 6.42 Å². The summed E-state index contributed by atoms with van der Waals surface area (Å²) in [7, 11) is 0. The van der Waals surface area contributed by atoms with Crippen molar-refractivity contribution in [2.75, 3.05) is 17.2 Å². The molecular formula is C17H18N2O. The summed E-state index contributed by atoms with van der Waals surface area (Å²) in [6.45, 7) is 0.801. The third-order valence-corrected chi connectivity index (χ3v) is 3.77. The number of para-hydroxylation sites is 1. The van der Waals surface area contributed by atoms with E-state index in [0.717, 1.165) is 36.3 Å². The Labute approximate surface area is 119 Å². The van der Waals surface area contributed by atoms with Crippen LogP contribution in [-0.4, -0.2) is 12.5 Å². The zero-order valence-electron chi connectivity index (χ0n) is 11.4. The highest BCUT2D eigenvalue weighted by Gasteiger charge is 2.23. The average Bonchev–Trinajstić information content (AvgIpc) is 2.89. The number of aryl methyl sites for hydroxylation is 1. The summed E-state index contributed by atoms with van der Waals surface area (Å²) in [5.74, 6) is 0.192. The summed E-state index contributed by atoms with van der Waals surface area (Å²) in [5, 5.41) is 0. The smallest absolute Gasteiger partial charge is 0.227 e. The van der Waals surface area contributed by atoms with E-state index in [-0.39, 0.29) is 5.91 Å². The molecule has 102 valence electrons. The van der Waals surface area contributed by atoms with Crippen molar-refractivity contribution in [1.29, 1.82) is 0 Å². The van der Waals surface area contributed by atoms with Gasteiger partial charge >= 0.3 is 0 Å². The van der Waals surface area contributed by atoms with Gasteiger partial charge in [-0.05, 0) is 42.2 Å². The van der Waals surface area contributed by atoms with Gasteiger partial charge in [0, 0.05) is 24.3 Å².